The van der Waals surface area contributed by atoms with Crippen molar-refractivity contribution in [3.63, 3.8) is 0 Å². The van der Waals surface area contributed by atoms with Crippen molar-refractivity contribution in [3.8, 4) is 0 Å². The van der Waals surface area contributed by atoms with Gasteiger partial charge in [-0.2, -0.15) is 0 Å². The zero-order chi connectivity index (χ0) is 24.0. The molecule has 3 rings (SSSR count). The highest BCUT2D eigenvalue weighted by Crippen LogP contribution is 2.27. The van der Waals surface area contributed by atoms with Gasteiger partial charge in [-0.1, -0.05) is 19.3 Å². The first-order valence-corrected chi connectivity index (χ1v) is 11.5. The first kappa shape index (κ1) is 24.5. The fourth-order valence-corrected chi connectivity index (χ4v) is 4.67. The number of fused-ring (bicyclic) bond motifs is 1. The number of aldehydes is 1. The van der Waals surface area contributed by atoms with Crippen molar-refractivity contribution in [2.24, 2.45) is 5.92 Å². The van der Waals surface area contributed by atoms with Crippen LogP contribution in [0.5, 0.6) is 0 Å². The van der Waals surface area contributed by atoms with Crippen molar-refractivity contribution >= 4 is 36.0 Å². The van der Waals surface area contributed by atoms with Crippen LogP contribution in [0.15, 0.2) is 0 Å². The number of aliphatic carboxylic acids is 1. The van der Waals surface area contributed by atoms with Crippen molar-refractivity contribution in [2.45, 2.75) is 76.3 Å². The molecule has 33 heavy (non-hydrogen) atoms. The third-order valence-electron chi connectivity index (χ3n) is 6.31. The van der Waals surface area contributed by atoms with Gasteiger partial charge in [0.1, 0.15) is 12.3 Å². The van der Waals surface area contributed by atoms with Gasteiger partial charge < -0.3 is 15.2 Å². The molecule has 0 aromatic heterocycles. The molecule has 0 radical (unpaired) electrons. The molecule has 0 spiro atoms. The molecule has 0 bridgehead atoms. The fraction of sp³-hybridized carbons (Fsp3) is 0.714. The van der Waals surface area contributed by atoms with Gasteiger partial charge in [-0.3, -0.25) is 24.6 Å². The Hall–Kier alpha value is -3.18. The van der Waals surface area contributed by atoms with E-state index in [4.69, 9.17) is 5.11 Å². The van der Waals surface area contributed by atoms with E-state index in [1.54, 1.807) is 0 Å². The maximum atomic E-state index is 13.3. The summed E-state index contributed by atoms with van der Waals surface area (Å²) in [6.07, 6.45) is 5.94. The van der Waals surface area contributed by atoms with Gasteiger partial charge in [-0.15, -0.1) is 0 Å². The predicted molar refractivity (Wildman–Crippen MR) is 113 cm³/mol. The van der Waals surface area contributed by atoms with Crippen molar-refractivity contribution in [1.82, 2.24) is 25.8 Å². The molecule has 1 saturated carbocycles. The summed E-state index contributed by atoms with van der Waals surface area (Å²) in [6, 6.07) is -3.07. The molecule has 3 aliphatic rings. The number of carboxylic acid groups (broad SMARTS) is 1. The quantitative estimate of drug-likeness (QED) is 0.432. The van der Waals surface area contributed by atoms with E-state index in [2.05, 4.69) is 10.7 Å². The van der Waals surface area contributed by atoms with E-state index < -0.39 is 36.4 Å². The topological polar surface area (TPSA) is 156 Å². The number of urea groups is 1. The number of nitrogens with one attached hydrogen (secondary N) is 2. The Bertz CT molecular complexity index is 798. The third-order valence-corrected chi connectivity index (χ3v) is 6.31. The summed E-state index contributed by atoms with van der Waals surface area (Å²) in [5.41, 5.74) is 2.61. The van der Waals surface area contributed by atoms with Crippen LogP contribution >= 0.6 is 0 Å². The molecule has 182 valence electrons. The normalized spacial score (nSPS) is 22.8. The highest BCUT2D eigenvalue weighted by molar-refractivity contribution is 5.92. The maximum Gasteiger partial charge on any atom is 0.358 e. The molecule has 2 atom stereocenters. The number of hydrogen-bond acceptors (Lipinski definition) is 6. The second-order valence-corrected chi connectivity index (χ2v) is 8.80. The maximum absolute atomic E-state index is 13.3. The van der Waals surface area contributed by atoms with Gasteiger partial charge in [0.25, 0.3) is 0 Å². The Morgan fingerprint density at radius 3 is 2.45 bits per heavy atom. The Morgan fingerprint density at radius 2 is 1.79 bits per heavy atom. The predicted octanol–water partition coefficient (Wildman–Crippen LogP) is 0.180. The van der Waals surface area contributed by atoms with Crippen molar-refractivity contribution in [3.05, 3.63) is 0 Å². The molecule has 1 aliphatic carbocycles. The van der Waals surface area contributed by atoms with E-state index in [1.807, 2.05) is 0 Å². The summed E-state index contributed by atoms with van der Waals surface area (Å²) in [6.45, 7) is 0.218. The van der Waals surface area contributed by atoms with E-state index in [0.717, 1.165) is 42.1 Å². The number of rotatable bonds is 8. The summed E-state index contributed by atoms with van der Waals surface area (Å²) < 4.78 is 0. The van der Waals surface area contributed by atoms with Crippen LogP contribution < -0.4 is 10.7 Å². The van der Waals surface area contributed by atoms with Gasteiger partial charge in [0.05, 0.1) is 19.0 Å². The number of amides is 5. The van der Waals surface area contributed by atoms with E-state index in [-0.39, 0.29) is 43.7 Å². The second-order valence-electron chi connectivity index (χ2n) is 8.80. The fourth-order valence-electron chi connectivity index (χ4n) is 4.67. The Morgan fingerprint density at radius 1 is 1.06 bits per heavy atom. The minimum Gasteiger partial charge on any atom is -0.481 e. The van der Waals surface area contributed by atoms with Crippen LogP contribution in [0.3, 0.4) is 0 Å². The number of carbonyl (C=O) groups excluding carboxylic acids is 5. The largest absolute Gasteiger partial charge is 0.481 e. The smallest absolute Gasteiger partial charge is 0.358 e. The van der Waals surface area contributed by atoms with E-state index in [9.17, 15) is 28.8 Å². The summed E-state index contributed by atoms with van der Waals surface area (Å²) in [4.78, 5) is 73.5. The Balaban J connectivity index is 1.71. The average Bonchev–Trinajstić information content (AvgIpc) is 2.91. The van der Waals surface area contributed by atoms with Gasteiger partial charge in [0, 0.05) is 19.4 Å². The zero-order valence-electron chi connectivity index (χ0n) is 18.5. The Kier molecular flexibility index (Phi) is 8.23. The second kappa shape index (κ2) is 11.1. The summed E-state index contributed by atoms with van der Waals surface area (Å²) in [5.74, 6) is -2.39. The van der Waals surface area contributed by atoms with Gasteiger partial charge >= 0.3 is 12.0 Å². The lowest BCUT2D eigenvalue weighted by atomic mass is 9.87. The van der Waals surface area contributed by atoms with E-state index >= 15 is 0 Å². The lowest BCUT2D eigenvalue weighted by molar-refractivity contribution is -0.155. The highest BCUT2D eigenvalue weighted by atomic mass is 16.4. The molecular formula is C21H31N5O7. The highest BCUT2D eigenvalue weighted by Gasteiger charge is 2.44. The van der Waals surface area contributed by atoms with Gasteiger partial charge in [-0.05, 0) is 31.6 Å². The van der Waals surface area contributed by atoms with Crippen LogP contribution in [0, 0.1) is 5.92 Å². The van der Waals surface area contributed by atoms with E-state index in [0.29, 0.717) is 19.1 Å². The number of hydrazine groups is 2. The summed E-state index contributed by atoms with van der Waals surface area (Å²) >= 11 is 0. The van der Waals surface area contributed by atoms with Gasteiger partial charge in [0.2, 0.25) is 17.7 Å². The number of hydrogen-bond donors (Lipinski definition) is 3. The third kappa shape index (κ3) is 6.20. The molecule has 2 saturated heterocycles. The standard InChI is InChI=1S/C21H31N5O7/c27-13-15(12-19(30)31)22-20(32)16-7-4-9-25-18(29)8-10-24(21(33)26(16)25)23-17(28)11-14-5-2-1-3-6-14/h13-16H,1-12H2,(H,22,32)(H,23,28)(H,30,31). The number of nitrogens with zero attached hydrogens (tertiary/aromatic N) is 3. The van der Waals surface area contributed by atoms with Crippen molar-refractivity contribution in [2.75, 3.05) is 13.1 Å². The molecule has 12 nitrogen and oxygen atoms in total. The molecule has 3 N–H and O–H groups in total. The summed E-state index contributed by atoms with van der Waals surface area (Å²) in [5, 5.41) is 14.5. The first-order valence-electron chi connectivity index (χ1n) is 11.5. The number of carboxylic acids is 1. The van der Waals surface area contributed by atoms with Crippen LogP contribution in [-0.2, 0) is 24.0 Å². The molecule has 12 heteroatoms. The molecule has 0 aromatic carbocycles. The molecule has 0 aromatic rings. The monoisotopic (exact) mass is 465 g/mol. The molecular weight excluding hydrogens is 434 g/mol. The average molecular weight is 466 g/mol. The summed E-state index contributed by atoms with van der Waals surface area (Å²) in [7, 11) is 0. The van der Waals surface area contributed by atoms with Crippen molar-refractivity contribution < 1.29 is 33.9 Å². The molecule has 5 amide bonds. The molecule has 2 aliphatic heterocycles. The van der Waals surface area contributed by atoms with Crippen LogP contribution in [-0.4, -0.2) is 81.3 Å². The van der Waals surface area contributed by atoms with E-state index in [1.165, 1.54) is 5.01 Å². The van der Waals surface area contributed by atoms with Crippen LogP contribution in [0.1, 0.15) is 64.2 Å². The van der Waals surface area contributed by atoms with Crippen molar-refractivity contribution in [1.29, 1.82) is 0 Å². The molecule has 2 heterocycles. The number of carbonyl (C=O) groups is 6. The van der Waals surface area contributed by atoms with Crippen LogP contribution in [0.2, 0.25) is 0 Å². The zero-order valence-corrected chi connectivity index (χ0v) is 18.5. The first-order chi connectivity index (χ1) is 15.8. The van der Waals surface area contributed by atoms with Crippen LogP contribution in [0.4, 0.5) is 4.79 Å². The Labute approximate surface area is 191 Å². The van der Waals surface area contributed by atoms with Crippen LogP contribution in [0.25, 0.3) is 0 Å². The van der Waals surface area contributed by atoms with Gasteiger partial charge in [-0.25, -0.2) is 19.8 Å². The minimum absolute atomic E-state index is 0.0176. The minimum atomic E-state index is -1.26. The lowest BCUT2D eigenvalue weighted by Gasteiger charge is -2.43. The van der Waals surface area contributed by atoms with Gasteiger partial charge in [0.15, 0.2) is 0 Å². The molecule has 2 unspecified atom stereocenters. The SMILES string of the molecule is O=CC(CC(=O)O)NC(=O)C1CCCN2C(=O)CCN(NC(=O)CC3CCCCC3)C(=O)N12. The molecule has 3 fully saturated rings. The lowest BCUT2D eigenvalue weighted by Crippen LogP contribution is -2.64.